The SMILES string of the molecule is CCc1nc2ccc(Br)cn2c1C(=O)Nc1ccc(F)cc1. The number of benzene rings is 1. The predicted molar refractivity (Wildman–Crippen MR) is 86.6 cm³/mol. The fraction of sp³-hybridized carbons (Fsp3) is 0.125. The number of rotatable bonds is 3. The number of nitrogens with one attached hydrogen (secondary N) is 1. The molecule has 6 heteroatoms. The van der Waals surface area contributed by atoms with Crippen LogP contribution in [0.2, 0.25) is 0 Å². The molecule has 0 fully saturated rings. The summed E-state index contributed by atoms with van der Waals surface area (Å²) >= 11 is 3.40. The highest BCUT2D eigenvalue weighted by Gasteiger charge is 2.18. The van der Waals surface area contributed by atoms with Crippen molar-refractivity contribution in [3.8, 4) is 0 Å². The van der Waals surface area contributed by atoms with Gasteiger partial charge in [0.15, 0.2) is 0 Å². The van der Waals surface area contributed by atoms with E-state index in [0.29, 0.717) is 23.4 Å². The maximum atomic E-state index is 12.9. The highest BCUT2D eigenvalue weighted by Crippen LogP contribution is 2.19. The van der Waals surface area contributed by atoms with E-state index < -0.39 is 0 Å². The van der Waals surface area contributed by atoms with Gasteiger partial charge in [-0.1, -0.05) is 6.92 Å². The summed E-state index contributed by atoms with van der Waals surface area (Å²) < 4.78 is 15.5. The molecule has 0 radical (unpaired) electrons. The lowest BCUT2D eigenvalue weighted by Gasteiger charge is -2.07. The van der Waals surface area contributed by atoms with Crippen molar-refractivity contribution in [3.63, 3.8) is 0 Å². The van der Waals surface area contributed by atoms with Gasteiger partial charge in [-0.05, 0) is 58.7 Å². The molecule has 112 valence electrons. The van der Waals surface area contributed by atoms with Gasteiger partial charge < -0.3 is 5.32 Å². The van der Waals surface area contributed by atoms with Gasteiger partial charge in [0.2, 0.25) is 0 Å². The molecule has 0 atom stereocenters. The molecule has 2 heterocycles. The first-order valence-corrected chi connectivity index (χ1v) is 7.61. The number of carbonyl (C=O) groups is 1. The van der Waals surface area contributed by atoms with E-state index in [0.717, 1.165) is 10.2 Å². The van der Waals surface area contributed by atoms with Crippen LogP contribution in [-0.2, 0) is 6.42 Å². The number of nitrogens with zero attached hydrogens (tertiary/aromatic N) is 2. The second-order valence-corrected chi connectivity index (χ2v) is 5.71. The first-order valence-electron chi connectivity index (χ1n) is 6.82. The molecule has 1 N–H and O–H groups in total. The van der Waals surface area contributed by atoms with Crippen molar-refractivity contribution < 1.29 is 9.18 Å². The minimum Gasteiger partial charge on any atom is -0.321 e. The van der Waals surface area contributed by atoms with E-state index in [-0.39, 0.29) is 11.7 Å². The fourth-order valence-electron chi connectivity index (χ4n) is 2.28. The van der Waals surface area contributed by atoms with Gasteiger partial charge in [0.05, 0.1) is 5.69 Å². The van der Waals surface area contributed by atoms with Gasteiger partial charge in [0.25, 0.3) is 5.91 Å². The number of pyridine rings is 1. The summed E-state index contributed by atoms with van der Waals surface area (Å²) in [6.07, 6.45) is 2.45. The average molecular weight is 362 g/mol. The lowest BCUT2D eigenvalue weighted by Crippen LogP contribution is -2.16. The largest absolute Gasteiger partial charge is 0.321 e. The van der Waals surface area contributed by atoms with Crippen molar-refractivity contribution in [2.75, 3.05) is 5.32 Å². The molecule has 0 spiro atoms. The van der Waals surface area contributed by atoms with E-state index in [1.165, 1.54) is 24.3 Å². The number of amides is 1. The van der Waals surface area contributed by atoms with Crippen LogP contribution in [0.4, 0.5) is 10.1 Å². The van der Waals surface area contributed by atoms with Crippen molar-refractivity contribution in [2.45, 2.75) is 13.3 Å². The third-order valence-corrected chi connectivity index (χ3v) is 3.78. The Morgan fingerprint density at radius 1 is 1.27 bits per heavy atom. The summed E-state index contributed by atoms with van der Waals surface area (Å²) in [5.74, 6) is -0.611. The summed E-state index contributed by atoms with van der Waals surface area (Å²) in [4.78, 5) is 17.1. The minimum atomic E-state index is -0.342. The van der Waals surface area contributed by atoms with Gasteiger partial charge in [-0.3, -0.25) is 9.20 Å². The summed E-state index contributed by atoms with van der Waals surface area (Å²) in [7, 11) is 0. The van der Waals surface area contributed by atoms with Gasteiger partial charge in [-0.2, -0.15) is 0 Å². The zero-order chi connectivity index (χ0) is 15.7. The standard InChI is InChI=1S/C16H13BrFN3O/c1-2-13-15(21-9-10(17)3-8-14(21)20-13)16(22)19-12-6-4-11(18)5-7-12/h3-9H,2H2,1H3,(H,19,22). The van der Waals surface area contributed by atoms with Gasteiger partial charge in [0.1, 0.15) is 17.2 Å². The first-order chi connectivity index (χ1) is 10.6. The normalized spacial score (nSPS) is 10.9. The van der Waals surface area contributed by atoms with Crippen molar-refractivity contribution in [3.05, 3.63) is 64.3 Å². The van der Waals surface area contributed by atoms with Crippen LogP contribution >= 0.6 is 15.9 Å². The molecule has 2 aromatic heterocycles. The maximum absolute atomic E-state index is 12.9. The fourth-order valence-corrected chi connectivity index (χ4v) is 2.61. The minimum absolute atomic E-state index is 0.269. The number of anilines is 1. The van der Waals surface area contributed by atoms with Gasteiger partial charge in [0, 0.05) is 16.4 Å². The van der Waals surface area contributed by atoms with Gasteiger partial charge in [-0.25, -0.2) is 9.37 Å². The number of imidazole rings is 1. The van der Waals surface area contributed by atoms with Crippen LogP contribution in [0.5, 0.6) is 0 Å². The third kappa shape index (κ3) is 2.74. The topological polar surface area (TPSA) is 46.4 Å². The van der Waals surface area contributed by atoms with E-state index in [4.69, 9.17) is 0 Å². The molecular weight excluding hydrogens is 349 g/mol. The summed E-state index contributed by atoms with van der Waals surface area (Å²) in [6.45, 7) is 1.95. The average Bonchev–Trinajstić information content (AvgIpc) is 2.87. The molecule has 0 saturated heterocycles. The van der Waals surface area contributed by atoms with E-state index in [1.807, 2.05) is 19.1 Å². The summed E-state index contributed by atoms with van der Waals surface area (Å²) in [5, 5.41) is 2.78. The molecule has 3 rings (SSSR count). The molecule has 0 saturated carbocycles. The van der Waals surface area contributed by atoms with Gasteiger partial charge >= 0.3 is 0 Å². The third-order valence-electron chi connectivity index (χ3n) is 3.31. The van der Waals surface area contributed by atoms with Crippen molar-refractivity contribution in [1.29, 1.82) is 0 Å². The lowest BCUT2D eigenvalue weighted by molar-refractivity contribution is 0.102. The number of fused-ring (bicyclic) bond motifs is 1. The van der Waals surface area contributed by atoms with Gasteiger partial charge in [-0.15, -0.1) is 0 Å². The monoisotopic (exact) mass is 361 g/mol. The molecule has 0 aliphatic heterocycles. The van der Waals surface area contributed by atoms with Crippen molar-refractivity contribution in [2.24, 2.45) is 0 Å². The quantitative estimate of drug-likeness (QED) is 0.764. The second kappa shape index (κ2) is 5.88. The Kier molecular flexibility index (Phi) is 3.94. The number of carbonyl (C=O) groups excluding carboxylic acids is 1. The van der Waals surface area contributed by atoms with E-state index in [2.05, 4.69) is 26.2 Å². The number of halogens is 2. The number of aryl methyl sites for hydroxylation is 1. The van der Waals surface area contributed by atoms with E-state index >= 15 is 0 Å². The zero-order valence-corrected chi connectivity index (χ0v) is 13.4. The Morgan fingerprint density at radius 3 is 2.68 bits per heavy atom. The van der Waals surface area contributed by atoms with Crippen LogP contribution in [0.1, 0.15) is 23.1 Å². The highest BCUT2D eigenvalue weighted by molar-refractivity contribution is 9.10. The van der Waals surface area contributed by atoms with Crippen LogP contribution < -0.4 is 5.32 Å². The maximum Gasteiger partial charge on any atom is 0.274 e. The Morgan fingerprint density at radius 2 is 2.00 bits per heavy atom. The number of hydrogen-bond donors (Lipinski definition) is 1. The molecule has 0 aliphatic carbocycles. The molecule has 1 amide bonds. The van der Waals surface area contributed by atoms with Crippen LogP contribution in [-0.4, -0.2) is 15.3 Å². The molecule has 0 unspecified atom stereocenters. The molecule has 0 bridgehead atoms. The van der Waals surface area contributed by atoms with Crippen LogP contribution in [0.3, 0.4) is 0 Å². The highest BCUT2D eigenvalue weighted by atomic mass is 79.9. The number of aromatic nitrogens is 2. The zero-order valence-electron chi connectivity index (χ0n) is 11.8. The molecule has 4 nitrogen and oxygen atoms in total. The lowest BCUT2D eigenvalue weighted by atomic mass is 10.2. The molecule has 1 aromatic carbocycles. The first kappa shape index (κ1) is 14.7. The van der Waals surface area contributed by atoms with E-state index in [1.54, 1.807) is 10.6 Å². The Labute approximate surface area is 135 Å². The molecule has 3 aromatic rings. The second-order valence-electron chi connectivity index (χ2n) is 4.80. The van der Waals surface area contributed by atoms with Crippen molar-refractivity contribution in [1.82, 2.24) is 9.38 Å². The molecular formula is C16H13BrFN3O. The smallest absolute Gasteiger partial charge is 0.274 e. The molecule has 22 heavy (non-hydrogen) atoms. The Bertz CT molecular complexity index is 842. The summed E-state index contributed by atoms with van der Waals surface area (Å²) in [6, 6.07) is 9.39. The van der Waals surface area contributed by atoms with Crippen LogP contribution in [0.25, 0.3) is 5.65 Å². The van der Waals surface area contributed by atoms with E-state index in [9.17, 15) is 9.18 Å². The van der Waals surface area contributed by atoms with Crippen LogP contribution in [0.15, 0.2) is 47.1 Å². The Balaban J connectivity index is 2.02. The predicted octanol–water partition coefficient (Wildman–Crippen LogP) is 4.05. The molecule has 0 aliphatic rings. The number of hydrogen-bond acceptors (Lipinski definition) is 2. The Hall–Kier alpha value is -2.21. The summed E-state index contributed by atoms with van der Waals surface area (Å²) in [5.41, 5.74) is 2.46. The van der Waals surface area contributed by atoms with Crippen molar-refractivity contribution >= 4 is 33.2 Å². The van der Waals surface area contributed by atoms with Crippen LogP contribution in [0, 0.1) is 5.82 Å².